The maximum absolute atomic E-state index is 14.8. The maximum atomic E-state index is 14.8. The SMILES string of the molecule is Nc1ccc(N2C(=O)c3cc4c(cc3C2=O)C2=[N+]3C4=Nc4c5cc6c(cc5c5n4C34n3c(c7cc8c(cc7c3=NC3=[N+]4C(=N5)c4cc5c(cc43)C(=O)N(c3ccc(N)cc3)C5=O)C(=O)N(c3ccc(N)cc3)C8=O)=N2)C(=O)N(c2ccc(N)cc2)C6=O)cc1. The van der Waals surface area contributed by atoms with Gasteiger partial charge in [0.1, 0.15) is 0 Å². The number of anilines is 8. The van der Waals surface area contributed by atoms with Crippen LogP contribution in [0, 0.1) is 0 Å². The molecule has 10 aliphatic rings. The normalized spacial score (nSPS) is 17.6. The molecule has 8 N–H and O–H groups in total. The van der Waals surface area contributed by atoms with Crippen molar-refractivity contribution in [3.8, 4) is 0 Å². The smallest absolute Gasteiger partial charge is 0.399 e. The van der Waals surface area contributed by atoms with Crippen LogP contribution in [0.4, 0.5) is 57.1 Å². The Morgan fingerprint density at radius 1 is 0.292 bits per heavy atom. The molecule has 24 heteroatoms. The number of aliphatic imine (C=N–C) groups is 2. The zero-order valence-corrected chi connectivity index (χ0v) is 45.3. The molecule has 12 heterocycles. The average molecular weight is 1170 g/mol. The van der Waals surface area contributed by atoms with E-state index in [1.807, 2.05) is 18.3 Å². The second-order valence-corrected chi connectivity index (χ2v) is 22.9. The summed E-state index contributed by atoms with van der Waals surface area (Å²) in [6, 6.07) is 38.3. The van der Waals surface area contributed by atoms with Gasteiger partial charge in [-0.05, 0) is 146 Å². The fourth-order valence-corrected chi connectivity index (χ4v) is 14.4. The van der Waals surface area contributed by atoms with Crippen LogP contribution in [0.3, 0.4) is 0 Å². The standard InChI is InChI=1S/C65H31N16O8/c66-25-1-9-29(10-2-25)74-57(82)41-17-33-34(18-42(41)58(74)83)50-71-52-36-20-44-46(62(87)76(60(44)85)31-13-5-27(68)6-14-31)22-38(36)54-73-56-40-24-48-47(63(88)77(64(48)89)32-15-7-28(69)8-16-32)23-39(40)55-72-53-37-21-45-43(59(84)75(61(45)86)30-11-3-26(67)4-12-30)19-35(37)51-70-49(33)78(50)65(79(51)53,80(52)54)81(55)56/h1-24,66H,67-69H2/q+1/p+1. The van der Waals surface area contributed by atoms with E-state index in [0.717, 1.165) is 19.6 Å². The number of fused-ring (bicyclic) bond motifs is 16. The van der Waals surface area contributed by atoms with Crippen molar-refractivity contribution in [3.05, 3.63) is 223 Å². The maximum Gasteiger partial charge on any atom is 0.404 e. The molecule has 0 fully saturated rings. The van der Waals surface area contributed by atoms with E-state index in [9.17, 15) is 38.4 Å². The lowest BCUT2D eigenvalue weighted by Gasteiger charge is -2.40. The van der Waals surface area contributed by atoms with E-state index >= 15 is 0 Å². The molecule has 0 atom stereocenters. The summed E-state index contributed by atoms with van der Waals surface area (Å²) in [5.41, 5.74) is 29.6. The molecule has 418 valence electrons. The van der Waals surface area contributed by atoms with Crippen LogP contribution in [-0.4, -0.2) is 88.9 Å². The second kappa shape index (κ2) is 15.0. The minimum Gasteiger partial charge on any atom is -0.399 e. The summed E-state index contributed by atoms with van der Waals surface area (Å²) in [6.07, 6.45) is 0. The molecule has 2 aromatic heterocycles. The molecule has 24 nitrogen and oxygen atoms in total. The van der Waals surface area contributed by atoms with E-state index in [-0.39, 0.29) is 90.5 Å². The molecular formula is C65H32N16O8+2. The van der Waals surface area contributed by atoms with Gasteiger partial charge >= 0.3 is 5.91 Å². The van der Waals surface area contributed by atoms with Gasteiger partial charge in [-0.2, -0.15) is 9.13 Å². The Morgan fingerprint density at radius 2 is 0.551 bits per heavy atom. The van der Waals surface area contributed by atoms with E-state index < -0.39 is 53.2 Å². The predicted octanol–water partition coefficient (Wildman–Crippen LogP) is 5.24. The topological polar surface area (TPSA) is 319 Å². The van der Waals surface area contributed by atoms with Gasteiger partial charge in [0.25, 0.3) is 70.6 Å². The van der Waals surface area contributed by atoms with Gasteiger partial charge < -0.3 is 22.9 Å². The van der Waals surface area contributed by atoms with Gasteiger partial charge in [0.05, 0.1) is 89.5 Å². The van der Waals surface area contributed by atoms with Crippen LogP contribution >= 0.6 is 0 Å². The molecule has 8 amide bonds. The Hall–Kier alpha value is -13.1. The quantitative estimate of drug-likeness (QED) is 0.0999. The number of benzene rings is 8. The lowest BCUT2D eigenvalue weighted by Crippen LogP contribution is -2.71. The second-order valence-electron chi connectivity index (χ2n) is 22.9. The van der Waals surface area contributed by atoms with E-state index in [2.05, 4.69) is 0 Å². The Labute approximate surface area is 495 Å². The number of imide groups is 4. The van der Waals surface area contributed by atoms with Gasteiger partial charge in [-0.15, -0.1) is 9.15 Å². The fraction of sp³-hybridized carbons (Fsp3) is 0.0154. The number of amidine groups is 4. The lowest BCUT2D eigenvalue weighted by molar-refractivity contribution is -0.790. The summed E-state index contributed by atoms with van der Waals surface area (Å²) in [5, 5.41) is 1.51. The van der Waals surface area contributed by atoms with Crippen molar-refractivity contribution in [2.24, 2.45) is 20.0 Å². The van der Waals surface area contributed by atoms with Crippen molar-refractivity contribution in [3.63, 3.8) is 0 Å². The van der Waals surface area contributed by atoms with Gasteiger partial charge in [0.15, 0.2) is 0 Å². The third kappa shape index (κ3) is 5.26. The minimum atomic E-state index is -1.89. The number of carbonyl (C=O) groups is 8. The Kier molecular flexibility index (Phi) is 7.98. The molecular weight excluding hydrogens is 1130 g/mol. The molecule has 0 saturated heterocycles. The molecule has 1 spiro atoms. The predicted molar refractivity (Wildman–Crippen MR) is 322 cm³/mol. The van der Waals surface area contributed by atoms with E-state index in [1.165, 1.54) is 0 Å². The molecule has 0 saturated carbocycles. The van der Waals surface area contributed by atoms with Crippen LogP contribution in [0.5, 0.6) is 0 Å². The first kappa shape index (κ1) is 47.3. The van der Waals surface area contributed by atoms with Crippen molar-refractivity contribution < 1.29 is 47.5 Å². The highest BCUT2D eigenvalue weighted by Crippen LogP contribution is 2.55. The minimum absolute atomic E-state index is 0.0693. The summed E-state index contributed by atoms with van der Waals surface area (Å²) in [7, 11) is 0. The van der Waals surface area contributed by atoms with E-state index in [4.69, 9.17) is 42.9 Å². The summed E-state index contributed by atoms with van der Waals surface area (Å²) >= 11 is 0. The van der Waals surface area contributed by atoms with Crippen molar-refractivity contribution in [2.45, 2.75) is 5.91 Å². The largest absolute Gasteiger partial charge is 0.404 e. The zero-order chi connectivity index (χ0) is 60.0. The molecule has 0 radical (unpaired) electrons. The molecule has 10 aliphatic heterocycles. The van der Waals surface area contributed by atoms with Gasteiger partial charge in [-0.1, -0.05) is 20.0 Å². The third-order valence-corrected chi connectivity index (χ3v) is 18.4. The van der Waals surface area contributed by atoms with Crippen LogP contribution < -0.4 is 53.5 Å². The van der Waals surface area contributed by atoms with Gasteiger partial charge in [-0.3, -0.25) is 38.4 Å². The first-order valence-corrected chi connectivity index (χ1v) is 27.8. The average Bonchev–Trinajstić information content (AvgIpc) is 1.39. The summed E-state index contributed by atoms with van der Waals surface area (Å²) in [4.78, 5) is 145. The van der Waals surface area contributed by atoms with Gasteiger partial charge in [0, 0.05) is 44.3 Å². The van der Waals surface area contributed by atoms with Crippen molar-refractivity contribution in [1.29, 1.82) is 0 Å². The molecule has 0 bridgehead atoms. The number of amides is 8. The monoisotopic (exact) mass is 1160 g/mol. The fourth-order valence-electron chi connectivity index (χ4n) is 14.4. The molecule has 8 aromatic carbocycles. The van der Waals surface area contributed by atoms with Crippen LogP contribution in [0.15, 0.2) is 166 Å². The van der Waals surface area contributed by atoms with Crippen LogP contribution in [0.1, 0.15) is 105 Å². The van der Waals surface area contributed by atoms with Gasteiger partial charge in [0.2, 0.25) is 22.6 Å². The van der Waals surface area contributed by atoms with Crippen LogP contribution in [0.25, 0.3) is 21.5 Å². The number of rotatable bonds is 4. The van der Waals surface area contributed by atoms with Crippen molar-refractivity contribution in [2.75, 3.05) is 42.5 Å². The summed E-state index contributed by atoms with van der Waals surface area (Å²) in [5.74, 6) is -5.41. The molecule has 0 aliphatic carbocycles. The van der Waals surface area contributed by atoms with Crippen molar-refractivity contribution in [1.82, 2.24) is 9.13 Å². The zero-order valence-electron chi connectivity index (χ0n) is 45.3. The number of aromatic nitrogens is 2. The van der Waals surface area contributed by atoms with E-state index in [0.29, 0.717) is 89.3 Å². The molecule has 89 heavy (non-hydrogen) atoms. The summed E-state index contributed by atoms with van der Waals surface area (Å²) < 4.78 is 7.41. The highest BCUT2D eigenvalue weighted by molar-refractivity contribution is 6.39. The lowest BCUT2D eigenvalue weighted by atomic mass is 9.99. The number of nitrogens with zero attached hydrogens (tertiary/aromatic N) is 12. The van der Waals surface area contributed by atoms with Crippen LogP contribution in [-0.2, 0) is 5.91 Å². The first-order chi connectivity index (χ1) is 43.1. The summed E-state index contributed by atoms with van der Waals surface area (Å²) in [6.45, 7) is 0. The van der Waals surface area contributed by atoms with Crippen molar-refractivity contribution >= 4 is 149 Å². The number of carbonyl (C=O) groups excluding carboxylic acids is 8. The third-order valence-electron chi connectivity index (χ3n) is 18.4. The number of nitrogen functional groups attached to an aromatic ring is 4. The van der Waals surface area contributed by atoms with Crippen LogP contribution in [0.2, 0.25) is 0 Å². The Morgan fingerprint density at radius 3 is 0.843 bits per heavy atom. The molecule has 10 aromatic rings. The Balaban J connectivity index is 0.910. The Bertz CT molecular complexity index is 5470. The van der Waals surface area contributed by atoms with E-state index in [1.54, 1.807) is 146 Å². The first-order valence-electron chi connectivity index (χ1n) is 27.8. The molecule has 20 rings (SSSR count). The number of hydrogen-bond donors (Lipinski definition) is 4. The van der Waals surface area contributed by atoms with Gasteiger partial charge in [-0.25, -0.2) is 19.6 Å². The molecule has 0 unspecified atom stereocenters. The highest BCUT2D eigenvalue weighted by atomic mass is 16.2. The number of hydrogen-bond acceptors (Lipinski definition) is 16. The number of nitrogens with two attached hydrogens (primary N) is 4. The highest BCUT2D eigenvalue weighted by Gasteiger charge is 2.70.